The summed E-state index contributed by atoms with van der Waals surface area (Å²) in [4.78, 5) is 25.6. The largest absolute Gasteiger partial charge is 0.352 e. The molecular formula is C22H18N4O. The Bertz CT molecular complexity index is 1070. The van der Waals surface area contributed by atoms with Gasteiger partial charge in [-0.15, -0.1) is 0 Å². The van der Waals surface area contributed by atoms with Crippen molar-refractivity contribution in [1.82, 2.24) is 20.3 Å². The normalized spacial score (nSPS) is 10.7. The van der Waals surface area contributed by atoms with E-state index in [9.17, 15) is 4.79 Å². The van der Waals surface area contributed by atoms with Crippen molar-refractivity contribution in [2.45, 2.75) is 6.42 Å². The van der Waals surface area contributed by atoms with E-state index in [2.05, 4.69) is 15.3 Å². The van der Waals surface area contributed by atoms with E-state index in [1.165, 1.54) is 0 Å². The molecule has 0 unspecified atom stereocenters. The number of fused-ring (bicyclic) bond motifs is 1. The van der Waals surface area contributed by atoms with Gasteiger partial charge in [-0.2, -0.15) is 0 Å². The molecule has 1 amide bonds. The predicted octanol–water partition coefficient (Wildman–Crippen LogP) is 3.66. The van der Waals surface area contributed by atoms with Crippen LogP contribution >= 0.6 is 0 Å². The van der Waals surface area contributed by atoms with Crippen LogP contribution in [-0.4, -0.2) is 27.4 Å². The third-order valence-corrected chi connectivity index (χ3v) is 4.39. The number of rotatable bonds is 5. The molecule has 0 atom stereocenters. The maximum Gasteiger partial charge on any atom is 0.252 e. The van der Waals surface area contributed by atoms with Crippen molar-refractivity contribution in [2.75, 3.05) is 6.54 Å². The molecule has 0 spiro atoms. The number of pyridine rings is 3. The summed E-state index contributed by atoms with van der Waals surface area (Å²) in [5.74, 6) is -0.0991. The third kappa shape index (κ3) is 3.82. The van der Waals surface area contributed by atoms with Gasteiger partial charge in [-0.3, -0.25) is 14.8 Å². The van der Waals surface area contributed by atoms with E-state index in [1.54, 1.807) is 24.8 Å². The predicted molar refractivity (Wildman–Crippen MR) is 105 cm³/mol. The van der Waals surface area contributed by atoms with Crippen LogP contribution in [0.3, 0.4) is 0 Å². The summed E-state index contributed by atoms with van der Waals surface area (Å²) in [5.41, 5.74) is 4.26. The van der Waals surface area contributed by atoms with Gasteiger partial charge in [0.15, 0.2) is 0 Å². The molecule has 3 heterocycles. The van der Waals surface area contributed by atoms with Gasteiger partial charge in [-0.05, 0) is 48.4 Å². The molecule has 3 aromatic heterocycles. The van der Waals surface area contributed by atoms with Crippen LogP contribution in [0.5, 0.6) is 0 Å². The van der Waals surface area contributed by atoms with Crippen molar-refractivity contribution >= 4 is 16.8 Å². The lowest BCUT2D eigenvalue weighted by Gasteiger charge is -2.10. The fourth-order valence-electron chi connectivity index (χ4n) is 3.00. The fourth-order valence-corrected chi connectivity index (χ4v) is 3.00. The number of carbonyl (C=O) groups excluding carboxylic acids is 1. The van der Waals surface area contributed by atoms with Gasteiger partial charge >= 0.3 is 0 Å². The molecule has 1 N–H and O–H groups in total. The van der Waals surface area contributed by atoms with Crippen LogP contribution in [0.1, 0.15) is 15.9 Å². The van der Waals surface area contributed by atoms with Crippen molar-refractivity contribution in [3.63, 3.8) is 0 Å². The third-order valence-electron chi connectivity index (χ3n) is 4.39. The Morgan fingerprint density at radius 3 is 2.37 bits per heavy atom. The quantitative estimate of drug-likeness (QED) is 0.594. The number of amides is 1. The van der Waals surface area contributed by atoms with Gasteiger partial charge in [-0.1, -0.05) is 18.2 Å². The van der Waals surface area contributed by atoms with Crippen molar-refractivity contribution in [1.29, 1.82) is 0 Å². The number of nitrogens with zero attached hydrogens (tertiary/aromatic N) is 3. The highest BCUT2D eigenvalue weighted by molar-refractivity contribution is 6.07. The molecule has 0 radical (unpaired) electrons. The number of hydrogen-bond donors (Lipinski definition) is 1. The molecule has 132 valence electrons. The fraction of sp³-hybridized carbons (Fsp3) is 0.0909. The number of benzene rings is 1. The van der Waals surface area contributed by atoms with E-state index in [0.29, 0.717) is 12.1 Å². The highest BCUT2D eigenvalue weighted by atomic mass is 16.1. The minimum Gasteiger partial charge on any atom is -0.352 e. The zero-order valence-corrected chi connectivity index (χ0v) is 14.7. The lowest BCUT2D eigenvalue weighted by Crippen LogP contribution is -2.26. The number of nitrogens with one attached hydrogen (secondary N) is 1. The first-order chi connectivity index (χ1) is 13.3. The standard InChI is InChI=1S/C22H18N4O/c27-22(25-14-7-16-5-10-23-11-6-16)19-15-21(17-8-12-24-13-9-17)26-20-4-2-1-3-18(19)20/h1-6,8-13,15H,7,14H2,(H,25,27). The second kappa shape index (κ2) is 7.74. The molecule has 0 bridgehead atoms. The van der Waals surface area contributed by atoms with E-state index in [0.717, 1.165) is 34.1 Å². The number of para-hydroxylation sites is 1. The van der Waals surface area contributed by atoms with Gasteiger partial charge in [0.05, 0.1) is 16.8 Å². The topological polar surface area (TPSA) is 67.8 Å². The lowest BCUT2D eigenvalue weighted by atomic mass is 10.0. The van der Waals surface area contributed by atoms with E-state index in [4.69, 9.17) is 4.98 Å². The first-order valence-corrected chi connectivity index (χ1v) is 8.78. The molecule has 27 heavy (non-hydrogen) atoms. The number of aromatic nitrogens is 3. The van der Waals surface area contributed by atoms with Crippen molar-refractivity contribution in [2.24, 2.45) is 0 Å². The van der Waals surface area contributed by atoms with E-state index < -0.39 is 0 Å². The Hall–Kier alpha value is -3.60. The molecule has 0 saturated carbocycles. The monoisotopic (exact) mass is 354 g/mol. The Morgan fingerprint density at radius 2 is 1.59 bits per heavy atom. The maximum absolute atomic E-state index is 12.9. The van der Waals surface area contributed by atoms with Crippen LogP contribution in [-0.2, 0) is 6.42 Å². The van der Waals surface area contributed by atoms with Crippen molar-refractivity contribution < 1.29 is 4.79 Å². The van der Waals surface area contributed by atoms with E-state index in [1.807, 2.05) is 54.6 Å². The van der Waals surface area contributed by atoms with Gasteiger partial charge in [0.2, 0.25) is 0 Å². The minimum absolute atomic E-state index is 0.0991. The highest BCUT2D eigenvalue weighted by Crippen LogP contribution is 2.24. The van der Waals surface area contributed by atoms with Gasteiger partial charge in [0.1, 0.15) is 0 Å². The summed E-state index contributed by atoms with van der Waals surface area (Å²) >= 11 is 0. The Labute approximate surface area is 157 Å². The zero-order valence-electron chi connectivity index (χ0n) is 14.7. The van der Waals surface area contributed by atoms with Crippen LogP contribution in [0, 0.1) is 0 Å². The minimum atomic E-state index is -0.0991. The first kappa shape index (κ1) is 16.8. The van der Waals surface area contributed by atoms with Crippen molar-refractivity contribution in [3.8, 4) is 11.3 Å². The molecule has 0 saturated heterocycles. The molecular weight excluding hydrogens is 336 g/mol. The number of carbonyl (C=O) groups is 1. The van der Waals surface area contributed by atoms with Crippen LogP contribution in [0.2, 0.25) is 0 Å². The first-order valence-electron chi connectivity index (χ1n) is 8.78. The molecule has 5 heteroatoms. The number of hydrogen-bond acceptors (Lipinski definition) is 4. The second-order valence-corrected chi connectivity index (χ2v) is 6.17. The van der Waals surface area contributed by atoms with Gasteiger partial charge in [-0.25, -0.2) is 4.98 Å². The van der Waals surface area contributed by atoms with Crippen LogP contribution in [0.25, 0.3) is 22.2 Å². The summed E-state index contributed by atoms with van der Waals surface area (Å²) in [5, 5.41) is 3.86. The summed E-state index contributed by atoms with van der Waals surface area (Å²) in [6.07, 6.45) is 7.72. The lowest BCUT2D eigenvalue weighted by molar-refractivity contribution is 0.0956. The molecule has 0 aliphatic heterocycles. The molecule has 4 aromatic rings. The van der Waals surface area contributed by atoms with Crippen LogP contribution in [0.15, 0.2) is 79.4 Å². The summed E-state index contributed by atoms with van der Waals surface area (Å²) in [6, 6.07) is 17.2. The van der Waals surface area contributed by atoms with Crippen LogP contribution in [0.4, 0.5) is 0 Å². The van der Waals surface area contributed by atoms with E-state index >= 15 is 0 Å². The van der Waals surface area contributed by atoms with Gasteiger partial charge in [0.25, 0.3) is 5.91 Å². The van der Waals surface area contributed by atoms with Crippen LogP contribution < -0.4 is 5.32 Å². The highest BCUT2D eigenvalue weighted by Gasteiger charge is 2.13. The Kier molecular flexibility index (Phi) is 4.83. The molecule has 0 fully saturated rings. The average molecular weight is 354 g/mol. The Morgan fingerprint density at radius 1 is 0.889 bits per heavy atom. The SMILES string of the molecule is O=C(NCCc1ccncc1)c1cc(-c2ccncc2)nc2ccccc12. The maximum atomic E-state index is 12.9. The molecule has 1 aromatic carbocycles. The van der Waals surface area contributed by atoms with Gasteiger partial charge in [0, 0.05) is 42.3 Å². The molecule has 4 rings (SSSR count). The molecule has 5 nitrogen and oxygen atoms in total. The summed E-state index contributed by atoms with van der Waals surface area (Å²) < 4.78 is 0. The second-order valence-electron chi connectivity index (χ2n) is 6.17. The summed E-state index contributed by atoms with van der Waals surface area (Å²) in [6.45, 7) is 0.560. The summed E-state index contributed by atoms with van der Waals surface area (Å²) in [7, 11) is 0. The van der Waals surface area contributed by atoms with Crippen molar-refractivity contribution in [3.05, 3.63) is 90.5 Å². The Balaban J connectivity index is 1.62. The molecule has 0 aliphatic rings. The van der Waals surface area contributed by atoms with E-state index in [-0.39, 0.29) is 5.91 Å². The molecule has 0 aliphatic carbocycles. The average Bonchev–Trinajstić information content (AvgIpc) is 2.74. The zero-order chi connectivity index (χ0) is 18.5. The smallest absolute Gasteiger partial charge is 0.252 e. The van der Waals surface area contributed by atoms with Gasteiger partial charge < -0.3 is 5.32 Å².